The van der Waals surface area contributed by atoms with Crippen molar-refractivity contribution in [2.24, 2.45) is 0 Å². The Hall–Kier alpha value is -1.66. The number of benzene rings is 2. The van der Waals surface area contributed by atoms with Gasteiger partial charge in [-0.3, -0.25) is 9.00 Å². The van der Waals surface area contributed by atoms with Gasteiger partial charge in [0.05, 0.1) is 15.7 Å². The van der Waals surface area contributed by atoms with E-state index in [1.807, 2.05) is 31.2 Å². The minimum Gasteiger partial charge on any atom is -0.398 e. The molecule has 0 saturated heterocycles. The van der Waals surface area contributed by atoms with E-state index in [0.29, 0.717) is 10.6 Å². The third-order valence-electron chi connectivity index (χ3n) is 2.90. The van der Waals surface area contributed by atoms with Gasteiger partial charge in [-0.1, -0.05) is 34.1 Å². The number of aryl methyl sites for hydroxylation is 1. The Morgan fingerprint density at radius 3 is 2.71 bits per heavy atom. The summed E-state index contributed by atoms with van der Waals surface area (Å²) >= 11 is 3.30. The van der Waals surface area contributed by atoms with Crippen LogP contribution >= 0.6 is 15.9 Å². The molecule has 3 N–H and O–H groups in total. The number of halogens is 1. The van der Waals surface area contributed by atoms with Gasteiger partial charge in [0.25, 0.3) is 0 Å². The van der Waals surface area contributed by atoms with E-state index in [2.05, 4.69) is 21.2 Å². The van der Waals surface area contributed by atoms with Crippen LogP contribution in [0.15, 0.2) is 51.8 Å². The summed E-state index contributed by atoms with van der Waals surface area (Å²) in [4.78, 5) is 12.5. The molecular weight excluding hydrogens is 352 g/mol. The van der Waals surface area contributed by atoms with Crippen LogP contribution in [0.3, 0.4) is 0 Å². The molecule has 21 heavy (non-hydrogen) atoms. The van der Waals surface area contributed by atoms with Gasteiger partial charge in [-0.2, -0.15) is 0 Å². The zero-order valence-corrected chi connectivity index (χ0v) is 13.8. The Morgan fingerprint density at radius 1 is 1.29 bits per heavy atom. The first-order valence-electron chi connectivity index (χ1n) is 6.26. The number of rotatable bonds is 4. The summed E-state index contributed by atoms with van der Waals surface area (Å²) in [5.74, 6) is -0.434. The molecule has 0 radical (unpaired) electrons. The van der Waals surface area contributed by atoms with Crippen molar-refractivity contribution in [3.8, 4) is 0 Å². The highest BCUT2D eigenvalue weighted by atomic mass is 79.9. The first-order valence-corrected chi connectivity index (χ1v) is 8.37. The van der Waals surface area contributed by atoms with Crippen molar-refractivity contribution >= 4 is 44.0 Å². The molecule has 2 aromatic carbocycles. The Balaban J connectivity index is 2.08. The smallest absolute Gasteiger partial charge is 0.237 e. The summed E-state index contributed by atoms with van der Waals surface area (Å²) < 4.78 is 13.0. The van der Waals surface area contributed by atoms with Crippen molar-refractivity contribution in [2.45, 2.75) is 11.8 Å². The quantitative estimate of drug-likeness (QED) is 0.816. The summed E-state index contributed by atoms with van der Waals surface area (Å²) in [5, 5.41) is 2.76. The number of carbonyl (C=O) groups is 1. The number of para-hydroxylation sites is 1. The number of anilines is 2. The SMILES string of the molecule is Cc1ccccc1NC(=O)CS(=O)c1cc(Br)ccc1N. The summed E-state index contributed by atoms with van der Waals surface area (Å²) in [5.41, 5.74) is 7.89. The molecular formula is C15H15BrN2O2S. The van der Waals surface area contributed by atoms with E-state index in [1.54, 1.807) is 18.2 Å². The fourth-order valence-electron chi connectivity index (χ4n) is 1.80. The molecule has 0 aliphatic carbocycles. The fourth-order valence-corrected chi connectivity index (χ4v) is 3.37. The van der Waals surface area contributed by atoms with Gasteiger partial charge >= 0.3 is 0 Å². The molecule has 0 bridgehead atoms. The first-order chi connectivity index (χ1) is 9.97. The number of nitrogens with one attached hydrogen (secondary N) is 1. The zero-order chi connectivity index (χ0) is 15.4. The number of hydrogen-bond donors (Lipinski definition) is 2. The third-order valence-corrected chi connectivity index (χ3v) is 4.76. The van der Waals surface area contributed by atoms with E-state index in [-0.39, 0.29) is 11.7 Å². The lowest BCUT2D eigenvalue weighted by molar-refractivity contribution is -0.113. The van der Waals surface area contributed by atoms with Gasteiger partial charge in [0, 0.05) is 15.8 Å². The number of hydrogen-bond acceptors (Lipinski definition) is 3. The van der Waals surface area contributed by atoms with Crippen molar-refractivity contribution in [3.63, 3.8) is 0 Å². The van der Waals surface area contributed by atoms with Crippen LogP contribution in [-0.2, 0) is 15.6 Å². The lowest BCUT2D eigenvalue weighted by Crippen LogP contribution is -2.20. The Kier molecular flexibility index (Phi) is 5.14. The largest absolute Gasteiger partial charge is 0.398 e. The van der Waals surface area contributed by atoms with Crippen LogP contribution in [0.1, 0.15) is 5.56 Å². The van der Waals surface area contributed by atoms with Gasteiger partial charge in [0.15, 0.2) is 0 Å². The van der Waals surface area contributed by atoms with Gasteiger partial charge in [-0.25, -0.2) is 0 Å². The van der Waals surface area contributed by atoms with E-state index < -0.39 is 10.8 Å². The zero-order valence-electron chi connectivity index (χ0n) is 11.4. The highest BCUT2D eigenvalue weighted by Crippen LogP contribution is 2.22. The molecule has 0 heterocycles. The van der Waals surface area contributed by atoms with E-state index in [0.717, 1.165) is 15.7 Å². The molecule has 1 amide bonds. The molecule has 0 aromatic heterocycles. The lowest BCUT2D eigenvalue weighted by Gasteiger charge is -2.09. The minimum atomic E-state index is -1.48. The van der Waals surface area contributed by atoms with Crippen LogP contribution < -0.4 is 11.1 Å². The predicted octanol–water partition coefficient (Wildman–Crippen LogP) is 3.09. The van der Waals surface area contributed by atoms with Gasteiger partial charge in [-0.15, -0.1) is 0 Å². The summed E-state index contributed by atoms with van der Waals surface area (Å²) in [6, 6.07) is 12.5. The minimum absolute atomic E-state index is 0.130. The monoisotopic (exact) mass is 366 g/mol. The molecule has 0 aliphatic rings. The van der Waals surface area contributed by atoms with Crippen LogP contribution in [0, 0.1) is 6.92 Å². The van der Waals surface area contributed by atoms with E-state index in [9.17, 15) is 9.00 Å². The van der Waals surface area contributed by atoms with Gasteiger partial charge in [0.1, 0.15) is 5.75 Å². The van der Waals surface area contributed by atoms with Gasteiger partial charge < -0.3 is 11.1 Å². The highest BCUT2D eigenvalue weighted by Gasteiger charge is 2.14. The number of nitrogens with two attached hydrogens (primary N) is 1. The lowest BCUT2D eigenvalue weighted by atomic mass is 10.2. The predicted molar refractivity (Wildman–Crippen MR) is 89.6 cm³/mol. The van der Waals surface area contributed by atoms with Crippen LogP contribution in [0.4, 0.5) is 11.4 Å². The van der Waals surface area contributed by atoms with Crippen molar-refractivity contribution in [1.82, 2.24) is 0 Å². The normalized spacial score (nSPS) is 11.9. The maximum atomic E-state index is 12.3. The van der Waals surface area contributed by atoms with Crippen molar-refractivity contribution in [2.75, 3.05) is 16.8 Å². The van der Waals surface area contributed by atoms with E-state index in [4.69, 9.17) is 5.73 Å². The standard InChI is InChI=1S/C15H15BrN2O2S/c1-10-4-2-3-5-13(10)18-15(19)9-21(20)14-8-11(16)6-7-12(14)17/h2-8H,9,17H2,1H3,(H,18,19). The van der Waals surface area contributed by atoms with Crippen molar-refractivity contribution < 1.29 is 9.00 Å². The summed E-state index contributed by atoms with van der Waals surface area (Å²) in [7, 11) is -1.48. The van der Waals surface area contributed by atoms with Crippen molar-refractivity contribution in [3.05, 3.63) is 52.5 Å². The molecule has 110 valence electrons. The van der Waals surface area contributed by atoms with Crippen LogP contribution in [0.2, 0.25) is 0 Å². The number of amides is 1. The first kappa shape index (κ1) is 15.7. The molecule has 2 rings (SSSR count). The van der Waals surface area contributed by atoms with E-state index in [1.165, 1.54) is 0 Å². The second kappa shape index (κ2) is 6.87. The fraction of sp³-hybridized carbons (Fsp3) is 0.133. The second-order valence-corrected chi connectivity index (χ2v) is 6.87. The highest BCUT2D eigenvalue weighted by molar-refractivity contribution is 9.10. The Labute approximate surface area is 134 Å². The molecule has 1 unspecified atom stereocenters. The second-order valence-electron chi connectivity index (χ2n) is 4.54. The molecule has 1 atom stereocenters. The van der Waals surface area contributed by atoms with Gasteiger partial charge in [0.2, 0.25) is 5.91 Å². The Morgan fingerprint density at radius 2 is 2.00 bits per heavy atom. The summed E-state index contributed by atoms with van der Waals surface area (Å²) in [6.07, 6.45) is 0. The molecule has 0 aliphatic heterocycles. The Bertz CT molecular complexity index is 704. The number of carbonyl (C=O) groups excluding carboxylic acids is 1. The van der Waals surface area contributed by atoms with Gasteiger partial charge in [-0.05, 0) is 36.8 Å². The molecule has 0 spiro atoms. The maximum absolute atomic E-state index is 12.3. The van der Waals surface area contributed by atoms with Crippen LogP contribution in [0.25, 0.3) is 0 Å². The average molecular weight is 367 g/mol. The van der Waals surface area contributed by atoms with E-state index >= 15 is 0 Å². The average Bonchev–Trinajstić information content (AvgIpc) is 2.44. The maximum Gasteiger partial charge on any atom is 0.237 e. The molecule has 4 nitrogen and oxygen atoms in total. The molecule has 6 heteroatoms. The summed E-state index contributed by atoms with van der Waals surface area (Å²) in [6.45, 7) is 1.90. The molecule has 0 fully saturated rings. The topological polar surface area (TPSA) is 72.2 Å². The molecule has 0 saturated carbocycles. The van der Waals surface area contributed by atoms with Crippen LogP contribution in [0.5, 0.6) is 0 Å². The number of nitrogen functional groups attached to an aromatic ring is 1. The third kappa shape index (κ3) is 4.15. The van der Waals surface area contributed by atoms with Crippen LogP contribution in [-0.4, -0.2) is 15.9 Å². The van der Waals surface area contributed by atoms with Crippen molar-refractivity contribution in [1.29, 1.82) is 0 Å². The molecule has 2 aromatic rings.